The molecule has 2 aromatic rings. The summed E-state index contributed by atoms with van der Waals surface area (Å²) in [5, 5.41) is 0. The molecule has 102 valence electrons. The largest absolute Gasteiger partial charge is 0.489 e. The van der Waals surface area contributed by atoms with E-state index in [1.54, 1.807) is 0 Å². The van der Waals surface area contributed by atoms with Crippen LogP contribution in [0.3, 0.4) is 0 Å². The first-order chi connectivity index (χ1) is 9.83. The van der Waals surface area contributed by atoms with Gasteiger partial charge in [-0.15, -0.1) is 0 Å². The minimum Gasteiger partial charge on any atom is -0.489 e. The number of rotatable bonds is 6. The van der Waals surface area contributed by atoms with E-state index in [0.717, 1.165) is 17.7 Å². The van der Waals surface area contributed by atoms with Crippen LogP contribution in [0, 0.1) is 0 Å². The topological polar surface area (TPSA) is 9.23 Å². The summed E-state index contributed by atoms with van der Waals surface area (Å²) in [7, 11) is 0. The smallest absolute Gasteiger partial charge is 0.120 e. The van der Waals surface area contributed by atoms with E-state index in [1.807, 2.05) is 37.3 Å². The molecule has 20 heavy (non-hydrogen) atoms. The van der Waals surface area contributed by atoms with Gasteiger partial charge in [-0.1, -0.05) is 61.2 Å². The standard InChI is InChI=1S/C19H20O/c1-3-5-11-18-12-13-19(14-17(18)4-2)20-15-16-9-7-6-8-10-16/h3-10,12-14H,2,11,15H2,1H3/b5-3-. The van der Waals surface area contributed by atoms with Crippen LogP contribution in [0.2, 0.25) is 0 Å². The quantitative estimate of drug-likeness (QED) is 0.665. The maximum absolute atomic E-state index is 5.83. The van der Waals surface area contributed by atoms with Crippen molar-refractivity contribution in [1.29, 1.82) is 0 Å². The number of ether oxygens (including phenoxy) is 1. The number of allylic oxidation sites excluding steroid dienone is 2. The summed E-state index contributed by atoms with van der Waals surface area (Å²) in [5.41, 5.74) is 3.57. The predicted molar refractivity (Wildman–Crippen MR) is 85.8 cm³/mol. The van der Waals surface area contributed by atoms with Gasteiger partial charge in [-0.25, -0.2) is 0 Å². The molecule has 0 atom stereocenters. The van der Waals surface area contributed by atoms with Crippen LogP contribution in [0.4, 0.5) is 0 Å². The van der Waals surface area contributed by atoms with Crippen LogP contribution in [0.25, 0.3) is 6.08 Å². The third kappa shape index (κ3) is 3.86. The highest BCUT2D eigenvalue weighted by atomic mass is 16.5. The molecule has 0 bridgehead atoms. The van der Waals surface area contributed by atoms with E-state index >= 15 is 0 Å². The van der Waals surface area contributed by atoms with Crippen molar-refractivity contribution in [3.8, 4) is 5.75 Å². The molecule has 0 aliphatic carbocycles. The molecule has 0 aliphatic heterocycles. The molecular weight excluding hydrogens is 244 g/mol. The van der Waals surface area contributed by atoms with Gasteiger partial charge in [0, 0.05) is 0 Å². The highest BCUT2D eigenvalue weighted by molar-refractivity contribution is 5.55. The van der Waals surface area contributed by atoms with Gasteiger partial charge in [0.05, 0.1) is 0 Å². The Bertz CT molecular complexity index is 582. The maximum Gasteiger partial charge on any atom is 0.120 e. The molecule has 0 amide bonds. The fourth-order valence-corrected chi connectivity index (χ4v) is 2.02. The second kappa shape index (κ2) is 7.34. The van der Waals surface area contributed by atoms with Gasteiger partial charge in [0.1, 0.15) is 12.4 Å². The van der Waals surface area contributed by atoms with Gasteiger partial charge >= 0.3 is 0 Å². The van der Waals surface area contributed by atoms with Crippen molar-refractivity contribution in [2.45, 2.75) is 20.0 Å². The Morgan fingerprint density at radius 3 is 2.60 bits per heavy atom. The lowest BCUT2D eigenvalue weighted by molar-refractivity contribution is 0.306. The van der Waals surface area contributed by atoms with Crippen LogP contribution in [-0.2, 0) is 13.0 Å². The van der Waals surface area contributed by atoms with E-state index < -0.39 is 0 Å². The van der Waals surface area contributed by atoms with Crippen molar-refractivity contribution in [2.24, 2.45) is 0 Å². The van der Waals surface area contributed by atoms with E-state index in [0.29, 0.717) is 6.61 Å². The van der Waals surface area contributed by atoms with E-state index in [1.165, 1.54) is 11.1 Å². The van der Waals surface area contributed by atoms with Gasteiger partial charge in [-0.05, 0) is 42.2 Å². The summed E-state index contributed by atoms with van der Waals surface area (Å²) < 4.78 is 5.83. The summed E-state index contributed by atoms with van der Waals surface area (Å²) in [6, 6.07) is 16.4. The molecule has 0 saturated heterocycles. The first kappa shape index (κ1) is 14.1. The summed E-state index contributed by atoms with van der Waals surface area (Å²) in [4.78, 5) is 0. The van der Waals surface area contributed by atoms with Gasteiger partial charge in [-0.3, -0.25) is 0 Å². The molecule has 1 nitrogen and oxygen atoms in total. The monoisotopic (exact) mass is 264 g/mol. The van der Waals surface area contributed by atoms with Crippen LogP contribution >= 0.6 is 0 Å². The predicted octanol–water partition coefficient (Wildman–Crippen LogP) is 5.03. The molecule has 0 aromatic heterocycles. The van der Waals surface area contributed by atoms with Crippen molar-refractivity contribution >= 4 is 6.08 Å². The highest BCUT2D eigenvalue weighted by Gasteiger charge is 2.01. The van der Waals surface area contributed by atoms with E-state index in [9.17, 15) is 0 Å². The molecule has 0 fully saturated rings. The zero-order valence-corrected chi connectivity index (χ0v) is 11.9. The van der Waals surface area contributed by atoms with Gasteiger partial charge in [0.2, 0.25) is 0 Å². The molecule has 0 spiro atoms. The van der Waals surface area contributed by atoms with Crippen molar-refractivity contribution in [2.75, 3.05) is 0 Å². The summed E-state index contributed by atoms with van der Waals surface area (Å²) in [6.45, 7) is 6.50. The molecule has 0 saturated carbocycles. The Kier molecular flexibility index (Phi) is 5.19. The molecule has 2 rings (SSSR count). The minimum absolute atomic E-state index is 0.589. The van der Waals surface area contributed by atoms with Crippen LogP contribution in [-0.4, -0.2) is 0 Å². The van der Waals surface area contributed by atoms with Crippen molar-refractivity contribution in [3.63, 3.8) is 0 Å². The Morgan fingerprint density at radius 1 is 1.10 bits per heavy atom. The lowest BCUT2D eigenvalue weighted by Crippen LogP contribution is -1.96. The third-order valence-electron chi connectivity index (χ3n) is 3.16. The SMILES string of the molecule is C=Cc1cc(OCc2ccccc2)ccc1C/C=C\C. The van der Waals surface area contributed by atoms with Crippen LogP contribution in [0.1, 0.15) is 23.6 Å². The van der Waals surface area contributed by atoms with Gasteiger partial charge in [-0.2, -0.15) is 0 Å². The second-order valence-electron chi connectivity index (χ2n) is 4.61. The molecule has 1 heteroatoms. The van der Waals surface area contributed by atoms with Crippen molar-refractivity contribution in [1.82, 2.24) is 0 Å². The molecule has 0 aliphatic rings. The normalized spacial score (nSPS) is 10.7. The van der Waals surface area contributed by atoms with Gasteiger partial charge in [0.15, 0.2) is 0 Å². The first-order valence-corrected chi connectivity index (χ1v) is 6.86. The summed E-state index contributed by atoms with van der Waals surface area (Å²) in [6.07, 6.45) is 7.02. The Hall–Kier alpha value is -2.28. The van der Waals surface area contributed by atoms with Crippen LogP contribution < -0.4 is 4.74 Å². The average Bonchev–Trinajstić information content (AvgIpc) is 2.52. The molecule has 0 heterocycles. The molecule has 0 radical (unpaired) electrons. The summed E-state index contributed by atoms with van der Waals surface area (Å²) >= 11 is 0. The van der Waals surface area contributed by atoms with Gasteiger partial charge in [0.25, 0.3) is 0 Å². The number of hydrogen-bond donors (Lipinski definition) is 0. The minimum atomic E-state index is 0.589. The third-order valence-corrected chi connectivity index (χ3v) is 3.16. The van der Waals surface area contributed by atoms with Crippen molar-refractivity contribution < 1.29 is 4.74 Å². The zero-order chi connectivity index (χ0) is 14.2. The molecule has 2 aromatic carbocycles. The Balaban J connectivity index is 2.07. The molecular formula is C19H20O. The molecule has 0 unspecified atom stereocenters. The second-order valence-corrected chi connectivity index (χ2v) is 4.61. The van der Waals surface area contributed by atoms with Gasteiger partial charge < -0.3 is 4.74 Å². The summed E-state index contributed by atoms with van der Waals surface area (Å²) in [5.74, 6) is 0.882. The van der Waals surface area contributed by atoms with E-state index in [2.05, 4.69) is 43.0 Å². The molecule has 0 N–H and O–H groups in total. The zero-order valence-electron chi connectivity index (χ0n) is 11.9. The first-order valence-electron chi connectivity index (χ1n) is 6.86. The fraction of sp³-hybridized carbons (Fsp3) is 0.158. The van der Waals surface area contributed by atoms with E-state index in [4.69, 9.17) is 4.74 Å². The Morgan fingerprint density at radius 2 is 1.90 bits per heavy atom. The van der Waals surface area contributed by atoms with Crippen LogP contribution in [0.5, 0.6) is 5.75 Å². The Labute approximate surface area is 121 Å². The van der Waals surface area contributed by atoms with Crippen molar-refractivity contribution in [3.05, 3.63) is 84.0 Å². The van der Waals surface area contributed by atoms with Crippen LogP contribution in [0.15, 0.2) is 67.3 Å². The number of benzene rings is 2. The lowest BCUT2D eigenvalue weighted by Gasteiger charge is -2.10. The lowest BCUT2D eigenvalue weighted by atomic mass is 10.0. The number of hydrogen-bond acceptors (Lipinski definition) is 1. The average molecular weight is 264 g/mol. The fourth-order valence-electron chi connectivity index (χ4n) is 2.02. The highest BCUT2D eigenvalue weighted by Crippen LogP contribution is 2.21. The maximum atomic E-state index is 5.83. The van der Waals surface area contributed by atoms with E-state index in [-0.39, 0.29) is 0 Å².